The van der Waals surface area contributed by atoms with Crippen LogP contribution in [0.3, 0.4) is 0 Å². The summed E-state index contributed by atoms with van der Waals surface area (Å²) in [6, 6.07) is 7.47. The van der Waals surface area contributed by atoms with Gasteiger partial charge in [-0.2, -0.15) is 0 Å². The normalized spacial score (nSPS) is 10.4. The summed E-state index contributed by atoms with van der Waals surface area (Å²) in [6.45, 7) is 1.94. The van der Waals surface area contributed by atoms with Crippen LogP contribution < -0.4 is 10.5 Å². The van der Waals surface area contributed by atoms with E-state index < -0.39 is 0 Å². The molecule has 4 nitrogen and oxygen atoms in total. The smallest absolute Gasteiger partial charge is 0.122 e. The van der Waals surface area contributed by atoms with Crippen LogP contribution >= 0.6 is 11.8 Å². The Morgan fingerprint density at radius 3 is 2.79 bits per heavy atom. The van der Waals surface area contributed by atoms with Crippen molar-refractivity contribution in [3.05, 3.63) is 47.4 Å². The quantitative estimate of drug-likeness (QED) is 0.500. The van der Waals surface area contributed by atoms with E-state index in [9.17, 15) is 0 Å². The summed E-state index contributed by atoms with van der Waals surface area (Å²) in [5.74, 6) is 2.52. The molecule has 0 aliphatic rings. The average molecular weight is 276 g/mol. The topological polar surface area (TPSA) is 72.2 Å². The van der Waals surface area contributed by atoms with Gasteiger partial charge in [0.15, 0.2) is 0 Å². The van der Waals surface area contributed by atoms with Gasteiger partial charge < -0.3 is 14.9 Å². The van der Waals surface area contributed by atoms with Crippen molar-refractivity contribution >= 4 is 17.6 Å². The number of rotatable bonds is 5. The summed E-state index contributed by atoms with van der Waals surface area (Å²) < 4.78 is 10.6. The third-order valence-corrected chi connectivity index (χ3v) is 3.98. The minimum absolute atomic E-state index is 0.0633. The molecular weight excluding hydrogens is 260 g/mol. The van der Waals surface area contributed by atoms with Gasteiger partial charge in [0.05, 0.1) is 13.4 Å². The van der Waals surface area contributed by atoms with Crippen LogP contribution in [0.2, 0.25) is 0 Å². The zero-order valence-corrected chi connectivity index (χ0v) is 11.7. The van der Waals surface area contributed by atoms with Crippen LogP contribution in [0.25, 0.3) is 0 Å². The van der Waals surface area contributed by atoms with E-state index in [0.717, 1.165) is 27.7 Å². The Morgan fingerprint density at radius 1 is 1.42 bits per heavy atom. The van der Waals surface area contributed by atoms with Crippen LogP contribution in [0.5, 0.6) is 5.75 Å². The third kappa shape index (κ3) is 3.12. The molecule has 0 saturated heterocycles. The van der Waals surface area contributed by atoms with Gasteiger partial charge in [0.1, 0.15) is 17.3 Å². The van der Waals surface area contributed by atoms with E-state index in [4.69, 9.17) is 20.3 Å². The molecule has 0 unspecified atom stereocenters. The molecule has 2 rings (SSSR count). The first kappa shape index (κ1) is 13.5. The van der Waals surface area contributed by atoms with Crippen molar-refractivity contribution in [3.8, 4) is 5.75 Å². The van der Waals surface area contributed by atoms with Crippen molar-refractivity contribution in [2.45, 2.75) is 17.6 Å². The van der Waals surface area contributed by atoms with E-state index >= 15 is 0 Å². The molecule has 0 amide bonds. The molecule has 1 aromatic heterocycles. The molecule has 3 N–H and O–H groups in total. The van der Waals surface area contributed by atoms with Gasteiger partial charge in [0, 0.05) is 21.8 Å². The van der Waals surface area contributed by atoms with Crippen molar-refractivity contribution in [1.82, 2.24) is 0 Å². The number of nitrogen functional groups attached to an aromatic ring is 1. The number of ether oxygens (including phenoxy) is 1. The number of thioether (sulfide) groups is 1. The predicted octanol–water partition coefficient (Wildman–Crippen LogP) is 3.17. The Balaban J connectivity index is 2.20. The summed E-state index contributed by atoms with van der Waals surface area (Å²) in [4.78, 5) is 1.11. The fraction of sp³-hybridized carbons (Fsp3) is 0.214. The van der Waals surface area contributed by atoms with Crippen molar-refractivity contribution in [2.75, 3.05) is 7.11 Å². The van der Waals surface area contributed by atoms with Crippen LogP contribution in [0.4, 0.5) is 0 Å². The number of benzene rings is 1. The van der Waals surface area contributed by atoms with Crippen LogP contribution in [0.1, 0.15) is 16.9 Å². The summed E-state index contributed by atoms with van der Waals surface area (Å²) in [5, 5.41) is 7.48. The largest absolute Gasteiger partial charge is 0.496 e. The molecule has 0 aliphatic heterocycles. The highest BCUT2D eigenvalue weighted by molar-refractivity contribution is 7.98. The third-order valence-electron chi connectivity index (χ3n) is 2.79. The number of methoxy groups -OCH3 is 1. The van der Waals surface area contributed by atoms with Crippen molar-refractivity contribution in [1.29, 1.82) is 5.41 Å². The maximum Gasteiger partial charge on any atom is 0.122 e. The lowest BCUT2D eigenvalue weighted by Crippen LogP contribution is -2.11. The lowest BCUT2D eigenvalue weighted by molar-refractivity contribution is 0.411. The molecule has 5 heteroatoms. The molecule has 0 fully saturated rings. The first-order valence-corrected chi connectivity index (χ1v) is 6.78. The van der Waals surface area contributed by atoms with Crippen LogP contribution in [-0.2, 0) is 5.75 Å². The molecule has 0 bridgehead atoms. The van der Waals surface area contributed by atoms with Crippen LogP contribution in [0, 0.1) is 12.3 Å². The molecule has 0 radical (unpaired) electrons. The van der Waals surface area contributed by atoms with E-state index in [1.54, 1.807) is 31.2 Å². The molecule has 100 valence electrons. The number of hydrogen-bond acceptors (Lipinski definition) is 4. The standard InChI is InChI=1S/C14H16N2O2S/c1-9-13(5-6-18-9)19-8-11-7-10(14(15)16)3-4-12(11)17-2/h3-7H,8H2,1-2H3,(H3,15,16). The number of aryl methyl sites for hydroxylation is 1. The van der Waals surface area contributed by atoms with Gasteiger partial charge in [-0.15, -0.1) is 11.8 Å². The van der Waals surface area contributed by atoms with Crippen molar-refractivity contribution in [2.24, 2.45) is 5.73 Å². The fourth-order valence-electron chi connectivity index (χ4n) is 1.74. The van der Waals surface area contributed by atoms with Gasteiger partial charge in [-0.1, -0.05) is 0 Å². The molecule has 0 spiro atoms. The molecule has 1 aromatic carbocycles. The Bertz CT molecular complexity index is 593. The number of furan rings is 1. The molecule has 0 saturated carbocycles. The molecule has 2 aromatic rings. The van der Waals surface area contributed by atoms with Gasteiger partial charge in [-0.3, -0.25) is 5.41 Å². The van der Waals surface area contributed by atoms with E-state index in [1.165, 1.54) is 0 Å². The number of nitrogens with one attached hydrogen (secondary N) is 1. The Morgan fingerprint density at radius 2 is 2.21 bits per heavy atom. The highest BCUT2D eigenvalue weighted by Crippen LogP contribution is 2.30. The van der Waals surface area contributed by atoms with Gasteiger partial charge in [-0.05, 0) is 31.2 Å². The predicted molar refractivity (Wildman–Crippen MR) is 77.0 cm³/mol. The zero-order chi connectivity index (χ0) is 13.8. The molecule has 19 heavy (non-hydrogen) atoms. The summed E-state index contributed by atoms with van der Waals surface area (Å²) >= 11 is 1.67. The van der Waals surface area contributed by atoms with Gasteiger partial charge in [0.2, 0.25) is 0 Å². The summed E-state index contributed by atoms with van der Waals surface area (Å²) in [7, 11) is 1.64. The molecule has 0 aliphatic carbocycles. The van der Waals surface area contributed by atoms with Gasteiger partial charge in [-0.25, -0.2) is 0 Å². The average Bonchev–Trinajstić information content (AvgIpc) is 2.81. The maximum absolute atomic E-state index is 7.48. The van der Waals surface area contributed by atoms with Crippen molar-refractivity contribution in [3.63, 3.8) is 0 Å². The van der Waals surface area contributed by atoms with E-state index in [1.807, 2.05) is 25.1 Å². The Labute approximate surface area is 116 Å². The molecule has 1 heterocycles. The fourth-order valence-corrected chi connectivity index (χ4v) is 2.68. The number of amidine groups is 1. The highest BCUT2D eigenvalue weighted by Gasteiger charge is 2.09. The zero-order valence-electron chi connectivity index (χ0n) is 10.9. The first-order valence-electron chi connectivity index (χ1n) is 5.80. The monoisotopic (exact) mass is 276 g/mol. The molecule has 0 atom stereocenters. The lowest BCUT2D eigenvalue weighted by atomic mass is 10.1. The second-order valence-corrected chi connectivity index (χ2v) is 5.09. The minimum atomic E-state index is 0.0633. The Hall–Kier alpha value is -1.88. The second kappa shape index (κ2) is 5.84. The van der Waals surface area contributed by atoms with E-state index in [0.29, 0.717) is 5.56 Å². The second-order valence-electron chi connectivity index (χ2n) is 4.07. The van der Waals surface area contributed by atoms with Gasteiger partial charge >= 0.3 is 0 Å². The number of hydrogen-bond donors (Lipinski definition) is 2. The van der Waals surface area contributed by atoms with Gasteiger partial charge in [0.25, 0.3) is 0 Å². The molecular formula is C14H16N2O2S. The lowest BCUT2D eigenvalue weighted by Gasteiger charge is -2.10. The highest BCUT2D eigenvalue weighted by atomic mass is 32.2. The summed E-state index contributed by atoms with van der Waals surface area (Å²) in [5.41, 5.74) is 7.23. The SMILES string of the molecule is COc1ccc(C(=N)N)cc1CSc1ccoc1C. The van der Waals surface area contributed by atoms with E-state index in [-0.39, 0.29) is 5.84 Å². The maximum atomic E-state index is 7.48. The number of nitrogens with two attached hydrogens (primary N) is 1. The first-order chi connectivity index (χ1) is 9.11. The Kier molecular flexibility index (Phi) is 4.16. The van der Waals surface area contributed by atoms with Crippen LogP contribution in [0.15, 0.2) is 39.8 Å². The van der Waals surface area contributed by atoms with Crippen LogP contribution in [-0.4, -0.2) is 12.9 Å². The van der Waals surface area contributed by atoms with E-state index in [2.05, 4.69) is 0 Å². The minimum Gasteiger partial charge on any atom is -0.496 e. The van der Waals surface area contributed by atoms with Crippen molar-refractivity contribution < 1.29 is 9.15 Å². The summed E-state index contributed by atoms with van der Waals surface area (Å²) in [6.07, 6.45) is 1.68.